The van der Waals surface area contributed by atoms with Crippen LogP contribution in [0.1, 0.15) is 24.3 Å². The average Bonchev–Trinajstić information content (AvgIpc) is 3.18. The van der Waals surface area contributed by atoms with Crippen molar-refractivity contribution in [1.29, 1.82) is 0 Å². The van der Waals surface area contributed by atoms with Crippen LogP contribution in [0.2, 0.25) is 0 Å². The van der Waals surface area contributed by atoms with E-state index in [2.05, 4.69) is 4.98 Å². The van der Waals surface area contributed by atoms with Gasteiger partial charge in [-0.2, -0.15) is 0 Å². The molecule has 23 heavy (non-hydrogen) atoms. The largest absolute Gasteiger partial charge is 0.339 e. The first-order chi connectivity index (χ1) is 11.1. The second-order valence-corrected chi connectivity index (χ2v) is 7.56. The van der Waals surface area contributed by atoms with Crippen LogP contribution in [0.25, 0.3) is 10.2 Å². The summed E-state index contributed by atoms with van der Waals surface area (Å²) < 4.78 is 1.14. The van der Waals surface area contributed by atoms with Crippen molar-refractivity contribution < 1.29 is 9.59 Å². The molecule has 1 saturated heterocycles. The number of hydrogen-bond donors (Lipinski definition) is 0. The van der Waals surface area contributed by atoms with Gasteiger partial charge in [-0.3, -0.25) is 9.59 Å². The van der Waals surface area contributed by atoms with Gasteiger partial charge in [-0.05, 0) is 25.0 Å². The van der Waals surface area contributed by atoms with Crippen molar-refractivity contribution in [3.63, 3.8) is 0 Å². The number of carbonyl (C=O) groups excluding carboxylic acids is 2. The smallest absolute Gasteiger partial charge is 0.228 e. The van der Waals surface area contributed by atoms with E-state index in [0.717, 1.165) is 28.1 Å². The lowest BCUT2D eigenvalue weighted by atomic mass is 10.1. The summed E-state index contributed by atoms with van der Waals surface area (Å²) in [4.78, 5) is 32.8. The highest BCUT2D eigenvalue weighted by Gasteiger charge is 2.42. The van der Waals surface area contributed by atoms with Gasteiger partial charge in [0.2, 0.25) is 11.8 Å². The number of likely N-dealkylation sites (tertiary alicyclic amines) is 1. The van der Waals surface area contributed by atoms with E-state index in [9.17, 15) is 9.59 Å². The number of thiazole rings is 1. The van der Waals surface area contributed by atoms with Gasteiger partial charge in [0.1, 0.15) is 5.01 Å². The number of hydrogen-bond acceptors (Lipinski definition) is 4. The highest BCUT2D eigenvalue weighted by Crippen LogP contribution is 2.33. The zero-order valence-electron chi connectivity index (χ0n) is 13.1. The number of amides is 2. The summed E-state index contributed by atoms with van der Waals surface area (Å²) in [5, 5.41) is 0.936. The fourth-order valence-corrected chi connectivity index (χ4v) is 4.24. The SMILES string of the molecule is CN(Cc1nc2ccccc2s1)C(=O)C1CC(=O)N(C2CC2)C1. The van der Waals surface area contributed by atoms with Crippen LogP contribution in [0.3, 0.4) is 0 Å². The molecule has 4 rings (SSSR count). The number of rotatable bonds is 4. The Morgan fingerprint density at radius 2 is 2.17 bits per heavy atom. The molecule has 1 atom stereocenters. The molecule has 0 spiro atoms. The predicted octanol–water partition coefficient (Wildman–Crippen LogP) is 2.27. The standard InChI is InChI=1S/C17H19N3O2S/c1-19(10-15-18-13-4-2-3-5-14(13)23-15)17(22)11-8-16(21)20(9-11)12-6-7-12/h2-5,11-12H,6-10H2,1H3. The van der Waals surface area contributed by atoms with Crippen molar-refractivity contribution in [2.24, 2.45) is 5.92 Å². The normalized spacial score (nSPS) is 21.2. The molecule has 120 valence electrons. The molecule has 2 aromatic rings. The number of nitrogens with zero attached hydrogens (tertiary/aromatic N) is 3. The molecule has 2 heterocycles. The molecule has 6 heteroatoms. The Kier molecular flexibility index (Phi) is 3.56. The Bertz CT molecular complexity index is 735. The number of benzene rings is 1. The van der Waals surface area contributed by atoms with Gasteiger partial charge < -0.3 is 9.80 Å². The van der Waals surface area contributed by atoms with Crippen LogP contribution in [0.15, 0.2) is 24.3 Å². The van der Waals surface area contributed by atoms with Gasteiger partial charge in [-0.25, -0.2) is 4.98 Å². The summed E-state index contributed by atoms with van der Waals surface area (Å²) in [6.07, 6.45) is 2.54. The molecule has 0 N–H and O–H groups in total. The highest BCUT2D eigenvalue weighted by atomic mass is 32.1. The third-order valence-corrected chi connectivity index (χ3v) is 5.60. The quantitative estimate of drug-likeness (QED) is 0.864. The second-order valence-electron chi connectivity index (χ2n) is 6.45. The van der Waals surface area contributed by atoms with Gasteiger partial charge in [0.05, 0.1) is 22.7 Å². The van der Waals surface area contributed by atoms with E-state index in [1.807, 2.05) is 29.2 Å². The van der Waals surface area contributed by atoms with Crippen LogP contribution in [0.4, 0.5) is 0 Å². The molecule has 1 unspecified atom stereocenters. The van der Waals surface area contributed by atoms with Crippen molar-refractivity contribution in [2.75, 3.05) is 13.6 Å². The zero-order chi connectivity index (χ0) is 16.0. The number of fused-ring (bicyclic) bond motifs is 1. The van der Waals surface area contributed by atoms with Crippen LogP contribution in [0, 0.1) is 5.92 Å². The molecule has 1 saturated carbocycles. The summed E-state index contributed by atoms with van der Waals surface area (Å²) in [5.74, 6) is 0.00229. The van der Waals surface area contributed by atoms with Crippen LogP contribution >= 0.6 is 11.3 Å². The van der Waals surface area contributed by atoms with Gasteiger partial charge in [-0.1, -0.05) is 12.1 Å². The van der Waals surface area contributed by atoms with Gasteiger partial charge in [0.25, 0.3) is 0 Å². The lowest BCUT2D eigenvalue weighted by Gasteiger charge is -2.20. The minimum atomic E-state index is -0.192. The van der Waals surface area contributed by atoms with Gasteiger partial charge >= 0.3 is 0 Å². The molecule has 0 bridgehead atoms. The maximum absolute atomic E-state index is 12.6. The Morgan fingerprint density at radius 1 is 1.39 bits per heavy atom. The molecule has 5 nitrogen and oxygen atoms in total. The summed E-state index contributed by atoms with van der Waals surface area (Å²) in [6.45, 7) is 1.10. The number of carbonyl (C=O) groups is 2. The van der Waals surface area contributed by atoms with Gasteiger partial charge in [-0.15, -0.1) is 11.3 Å². The van der Waals surface area contributed by atoms with Crippen LogP contribution in [-0.4, -0.2) is 46.2 Å². The van der Waals surface area contributed by atoms with Crippen molar-refractivity contribution in [3.05, 3.63) is 29.3 Å². The first kappa shape index (κ1) is 14.6. The first-order valence-corrected chi connectivity index (χ1v) is 8.82. The number of aromatic nitrogens is 1. The molecule has 2 amide bonds. The Balaban J connectivity index is 1.43. The summed E-state index contributed by atoms with van der Waals surface area (Å²) >= 11 is 1.62. The fourth-order valence-electron chi connectivity index (χ4n) is 3.22. The Labute approximate surface area is 138 Å². The second kappa shape index (κ2) is 5.60. The molecule has 0 radical (unpaired) electrons. The van der Waals surface area contributed by atoms with E-state index in [1.165, 1.54) is 0 Å². The lowest BCUT2D eigenvalue weighted by molar-refractivity contribution is -0.135. The van der Waals surface area contributed by atoms with E-state index in [4.69, 9.17) is 0 Å². The van der Waals surface area contributed by atoms with E-state index in [0.29, 0.717) is 25.6 Å². The van der Waals surface area contributed by atoms with E-state index in [1.54, 1.807) is 23.3 Å². The maximum Gasteiger partial charge on any atom is 0.228 e. The van der Waals surface area contributed by atoms with Gasteiger partial charge in [0, 0.05) is 26.1 Å². The minimum Gasteiger partial charge on any atom is -0.339 e. The van der Waals surface area contributed by atoms with Crippen molar-refractivity contribution in [1.82, 2.24) is 14.8 Å². The topological polar surface area (TPSA) is 53.5 Å². The molecule has 1 aliphatic carbocycles. The molecule has 1 aliphatic heterocycles. The predicted molar refractivity (Wildman–Crippen MR) is 88.9 cm³/mol. The highest BCUT2D eigenvalue weighted by molar-refractivity contribution is 7.18. The van der Waals surface area contributed by atoms with Gasteiger partial charge in [0.15, 0.2) is 0 Å². The van der Waals surface area contributed by atoms with E-state index < -0.39 is 0 Å². The molecule has 2 fully saturated rings. The molecule has 1 aromatic heterocycles. The zero-order valence-corrected chi connectivity index (χ0v) is 13.9. The summed E-state index contributed by atoms with van der Waals surface area (Å²) in [7, 11) is 1.80. The minimum absolute atomic E-state index is 0.0563. The Morgan fingerprint density at radius 3 is 2.91 bits per heavy atom. The average molecular weight is 329 g/mol. The van der Waals surface area contributed by atoms with E-state index >= 15 is 0 Å². The van der Waals surface area contributed by atoms with E-state index in [-0.39, 0.29) is 17.7 Å². The van der Waals surface area contributed by atoms with Crippen molar-refractivity contribution >= 4 is 33.4 Å². The van der Waals surface area contributed by atoms with Crippen molar-refractivity contribution in [3.8, 4) is 0 Å². The summed E-state index contributed by atoms with van der Waals surface area (Å²) in [5.41, 5.74) is 0.976. The fraction of sp³-hybridized carbons (Fsp3) is 0.471. The van der Waals surface area contributed by atoms with Crippen LogP contribution in [0.5, 0.6) is 0 Å². The first-order valence-electron chi connectivity index (χ1n) is 8.00. The van der Waals surface area contributed by atoms with Crippen molar-refractivity contribution in [2.45, 2.75) is 31.8 Å². The van der Waals surface area contributed by atoms with Crippen LogP contribution in [-0.2, 0) is 16.1 Å². The molecule has 1 aromatic carbocycles. The third-order valence-electron chi connectivity index (χ3n) is 4.58. The summed E-state index contributed by atoms with van der Waals surface area (Å²) in [6, 6.07) is 8.39. The lowest BCUT2D eigenvalue weighted by Crippen LogP contribution is -2.34. The Hall–Kier alpha value is -1.95. The maximum atomic E-state index is 12.6. The molecular formula is C17H19N3O2S. The van der Waals surface area contributed by atoms with Crippen LogP contribution < -0.4 is 0 Å². The number of para-hydroxylation sites is 1. The third kappa shape index (κ3) is 2.83. The monoisotopic (exact) mass is 329 g/mol. The molecule has 2 aliphatic rings. The molecular weight excluding hydrogens is 310 g/mol.